The highest BCUT2D eigenvalue weighted by Crippen LogP contribution is 2.38. The van der Waals surface area contributed by atoms with Crippen LogP contribution in [0.2, 0.25) is 0 Å². The molecule has 5 rings (SSSR count). The Labute approximate surface area is 213 Å². The van der Waals surface area contributed by atoms with E-state index < -0.39 is 17.2 Å². The molecule has 3 aromatic carbocycles. The maximum absolute atomic E-state index is 14.2. The van der Waals surface area contributed by atoms with Gasteiger partial charge in [0.2, 0.25) is 0 Å². The summed E-state index contributed by atoms with van der Waals surface area (Å²) in [6.07, 6.45) is 2.01. The van der Waals surface area contributed by atoms with Gasteiger partial charge < -0.3 is 14.3 Å². The molecule has 4 nitrogen and oxygen atoms in total. The lowest BCUT2D eigenvalue weighted by atomic mass is 9.84. The van der Waals surface area contributed by atoms with Crippen molar-refractivity contribution >= 4 is 0 Å². The number of aliphatic hydroxyl groups is 1. The number of hydrogen-bond acceptors (Lipinski definition) is 4. The second kappa shape index (κ2) is 10.9. The summed E-state index contributed by atoms with van der Waals surface area (Å²) in [6.45, 7) is 2.20. The van der Waals surface area contributed by atoms with E-state index in [4.69, 9.17) is 9.15 Å². The molecule has 1 saturated heterocycles. The third-order valence-corrected chi connectivity index (χ3v) is 6.66. The highest BCUT2D eigenvalue weighted by molar-refractivity contribution is 5.44. The Morgan fingerprint density at radius 2 is 1.46 bits per heavy atom. The summed E-state index contributed by atoms with van der Waals surface area (Å²) in [6, 6.07) is 20.9. The van der Waals surface area contributed by atoms with Crippen LogP contribution < -0.4 is 0 Å². The molecule has 1 aliphatic rings. The topological polar surface area (TPSA) is 45.8 Å². The molecule has 7 heteroatoms. The molecule has 0 radical (unpaired) electrons. The van der Waals surface area contributed by atoms with E-state index in [-0.39, 0.29) is 28.8 Å². The molecule has 0 unspecified atom stereocenters. The van der Waals surface area contributed by atoms with Gasteiger partial charge in [-0.2, -0.15) is 0 Å². The first kappa shape index (κ1) is 25.3. The van der Waals surface area contributed by atoms with Crippen molar-refractivity contribution in [2.45, 2.75) is 37.6 Å². The molecule has 2 heterocycles. The Morgan fingerprint density at radius 3 is 2.05 bits per heavy atom. The van der Waals surface area contributed by atoms with Crippen molar-refractivity contribution in [3.63, 3.8) is 0 Å². The van der Waals surface area contributed by atoms with Gasteiger partial charge >= 0.3 is 0 Å². The molecule has 1 atom stereocenters. The fourth-order valence-corrected chi connectivity index (χ4v) is 4.91. The average molecular weight is 508 g/mol. The second-order valence-electron chi connectivity index (χ2n) is 9.43. The van der Waals surface area contributed by atoms with Crippen LogP contribution in [-0.2, 0) is 23.4 Å². The molecule has 0 amide bonds. The smallest absolute Gasteiger partial charge is 0.173 e. The molecule has 0 saturated carbocycles. The molecule has 192 valence electrons. The fraction of sp³-hybridized carbons (Fsp3) is 0.267. The Kier molecular flexibility index (Phi) is 7.46. The number of benzene rings is 3. The van der Waals surface area contributed by atoms with Crippen LogP contribution in [0.25, 0.3) is 0 Å². The van der Waals surface area contributed by atoms with Gasteiger partial charge in [0.25, 0.3) is 0 Å². The number of furan rings is 1. The molecule has 0 aliphatic carbocycles. The third kappa shape index (κ3) is 5.80. The normalized spacial score (nSPS) is 16.0. The van der Waals surface area contributed by atoms with Crippen LogP contribution in [0.15, 0.2) is 89.3 Å². The molecule has 0 spiro atoms. The molecular weight excluding hydrogens is 479 g/mol. The van der Waals surface area contributed by atoms with Gasteiger partial charge in [-0.1, -0.05) is 36.4 Å². The lowest BCUT2D eigenvalue weighted by molar-refractivity contribution is 0.0629. The highest BCUT2D eigenvalue weighted by Gasteiger charge is 2.38. The van der Waals surface area contributed by atoms with E-state index in [1.165, 1.54) is 48.5 Å². The molecule has 1 aliphatic heterocycles. The van der Waals surface area contributed by atoms with Gasteiger partial charge in [-0.3, -0.25) is 4.90 Å². The van der Waals surface area contributed by atoms with Crippen molar-refractivity contribution in [3.05, 3.63) is 131 Å². The van der Waals surface area contributed by atoms with Gasteiger partial charge in [0.05, 0.1) is 12.6 Å². The van der Waals surface area contributed by atoms with E-state index in [1.807, 2.05) is 6.07 Å². The summed E-state index contributed by atoms with van der Waals surface area (Å²) in [5.41, 5.74) is -0.657. The van der Waals surface area contributed by atoms with Gasteiger partial charge in [-0.25, -0.2) is 13.2 Å². The minimum atomic E-state index is -1.91. The van der Waals surface area contributed by atoms with E-state index in [9.17, 15) is 18.3 Å². The number of nitrogens with zero attached hydrogens (tertiary/aromatic N) is 1. The summed E-state index contributed by atoms with van der Waals surface area (Å²) in [5, 5.41) is 11.9. The van der Waals surface area contributed by atoms with Crippen LogP contribution in [-0.4, -0.2) is 29.3 Å². The predicted octanol–water partition coefficient (Wildman–Crippen LogP) is 6.16. The standard InChI is InChI=1S/C30H28F3NO3/c31-24-8-1-5-21(15-24)18-34(19-27-11-4-14-36-27)20-28-12-13-29(37-28)30(35,22-6-2-9-25(32)16-22)23-7-3-10-26(33)17-23/h1-3,5-10,12-13,15-17,27,35H,4,11,14,18-20H2/t27-/m0/s1. The van der Waals surface area contributed by atoms with Gasteiger partial charge in [0, 0.05) is 19.7 Å². The molecular formula is C30H28F3NO3. The van der Waals surface area contributed by atoms with Crippen molar-refractivity contribution in [3.8, 4) is 0 Å². The summed E-state index contributed by atoms with van der Waals surface area (Å²) < 4.78 is 54.1. The summed E-state index contributed by atoms with van der Waals surface area (Å²) in [4.78, 5) is 2.11. The van der Waals surface area contributed by atoms with Crippen molar-refractivity contribution in [2.75, 3.05) is 13.2 Å². The predicted molar refractivity (Wildman–Crippen MR) is 133 cm³/mol. The fourth-order valence-electron chi connectivity index (χ4n) is 4.91. The van der Waals surface area contributed by atoms with Gasteiger partial charge in [-0.05, 0) is 78.1 Å². The van der Waals surface area contributed by atoms with Crippen LogP contribution in [0, 0.1) is 17.5 Å². The van der Waals surface area contributed by atoms with Crippen molar-refractivity contribution in [1.82, 2.24) is 4.90 Å². The number of ether oxygens (including phenoxy) is 1. The maximum Gasteiger partial charge on any atom is 0.173 e. The van der Waals surface area contributed by atoms with E-state index in [1.54, 1.807) is 30.3 Å². The van der Waals surface area contributed by atoms with E-state index in [0.717, 1.165) is 25.0 Å². The number of rotatable bonds is 9. The SMILES string of the molecule is OC(c1cccc(F)c1)(c1cccc(F)c1)c1ccc(CN(Cc2cccc(F)c2)C[C@@H]2CCCO2)o1. The van der Waals surface area contributed by atoms with Crippen molar-refractivity contribution in [1.29, 1.82) is 0 Å². The molecule has 1 fully saturated rings. The molecule has 1 N–H and O–H groups in total. The molecule has 0 bridgehead atoms. The van der Waals surface area contributed by atoms with Gasteiger partial charge in [0.1, 0.15) is 29.0 Å². The Morgan fingerprint density at radius 1 is 0.811 bits per heavy atom. The van der Waals surface area contributed by atoms with E-state index in [2.05, 4.69) is 4.90 Å². The van der Waals surface area contributed by atoms with Crippen molar-refractivity contribution < 1.29 is 27.4 Å². The van der Waals surface area contributed by atoms with Crippen LogP contribution in [0.1, 0.15) is 41.1 Å². The molecule has 1 aromatic heterocycles. The van der Waals surface area contributed by atoms with Crippen LogP contribution in [0.5, 0.6) is 0 Å². The summed E-state index contributed by atoms with van der Waals surface area (Å²) in [7, 11) is 0. The lowest BCUT2D eigenvalue weighted by Gasteiger charge is -2.28. The maximum atomic E-state index is 14.2. The lowest BCUT2D eigenvalue weighted by Crippen LogP contribution is -2.31. The second-order valence-corrected chi connectivity index (χ2v) is 9.43. The van der Waals surface area contributed by atoms with Crippen LogP contribution in [0.4, 0.5) is 13.2 Å². The zero-order chi connectivity index (χ0) is 25.8. The van der Waals surface area contributed by atoms with E-state index in [0.29, 0.717) is 25.4 Å². The molecule has 37 heavy (non-hydrogen) atoms. The van der Waals surface area contributed by atoms with Gasteiger partial charge in [0.15, 0.2) is 5.60 Å². The van der Waals surface area contributed by atoms with E-state index >= 15 is 0 Å². The monoisotopic (exact) mass is 507 g/mol. The minimum Gasteiger partial charge on any atom is -0.461 e. The zero-order valence-corrected chi connectivity index (χ0v) is 20.2. The zero-order valence-electron chi connectivity index (χ0n) is 20.2. The Bertz CT molecular complexity index is 1300. The largest absolute Gasteiger partial charge is 0.461 e. The Balaban J connectivity index is 1.46. The number of hydrogen-bond donors (Lipinski definition) is 1. The first-order valence-electron chi connectivity index (χ1n) is 12.3. The highest BCUT2D eigenvalue weighted by atomic mass is 19.1. The Hall–Kier alpha value is -3.39. The first-order valence-corrected chi connectivity index (χ1v) is 12.3. The first-order chi connectivity index (χ1) is 17.9. The number of halogens is 3. The minimum absolute atomic E-state index is 0.0690. The quantitative estimate of drug-likeness (QED) is 0.295. The molecule has 4 aromatic rings. The summed E-state index contributed by atoms with van der Waals surface area (Å²) in [5.74, 6) is -0.670. The van der Waals surface area contributed by atoms with Gasteiger partial charge in [-0.15, -0.1) is 0 Å². The van der Waals surface area contributed by atoms with Crippen molar-refractivity contribution in [2.24, 2.45) is 0 Å². The van der Waals surface area contributed by atoms with Crippen LogP contribution in [0.3, 0.4) is 0 Å². The average Bonchev–Trinajstić information content (AvgIpc) is 3.56. The summed E-state index contributed by atoms with van der Waals surface area (Å²) >= 11 is 0. The third-order valence-electron chi connectivity index (χ3n) is 6.66. The van der Waals surface area contributed by atoms with Crippen LogP contribution >= 0.6 is 0 Å².